The van der Waals surface area contributed by atoms with Gasteiger partial charge in [-0.2, -0.15) is 0 Å². The molecule has 0 saturated carbocycles. The summed E-state index contributed by atoms with van der Waals surface area (Å²) in [6, 6.07) is 12.6. The second-order valence-corrected chi connectivity index (χ2v) is 5.53. The van der Waals surface area contributed by atoms with E-state index in [1.165, 1.54) is 23.3 Å². The molecule has 2 N–H and O–H groups in total. The van der Waals surface area contributed by atoms with E-state index in [9.17, 15) is 4.39 Å². The maximum absolute atomic E-state index is 13.3. The van der Waals surface area contributed by atoms with Gasteiger partial charge in [0, 0.05) is 10.9 Å². The molecule has 2 nitrogen and oxygen atoms in total. The number of furan rings is 1. The lowest BCUT2D eigenvalue weighted by Crippen LogP contribution is -2.13. The Bertz CT molecular complexity index is 774. The number of hydrogen-bond acceptors (Lipinski definition) is 2. The van der Waals surface area contributed by atoms with E-state index < -0.39 is 0 Å². The molecule has 2 aromatic carbocycles. The summed E-state index contributed by atoms with van der Waals surface area (Å²) in [7, 11) is 0. The molecule has 0 fully saturated rings. The fraction of sp³-hybridized carbons (Fsp3) is 0.222. The SMILES string of the molecule is Cc1ccc(CC(N)c2oc3ccc(F)cc3c2C)cc1. The minimum absolute atomic E-state index is 0.233. The van der Waals surface area contributed by atoms with Crippen molar-refractivity contribution >= 4 is 11.0 Å². The number of hydrogen-bond donors (Lipinski definition) is 1. The minimum Gasteiger partial charge on any atom is -0.459 e. The molecular formula is C18H18FNO. The van der Waals surface area contributed by atoms with Gasteiger partial charge < -0.3 is 10.2 Å². The van der Waals surface area contributed by atoms with E-state index in [0.29, 0.717) is 12.0 Å². The lowest BCUT2D eigenvalue weighted by atomic mass is 10.0. The third kappa shape index (κ3) is 2.69. The smallest absolute Gasteiger partial charge is 0.134 e. The van der Waals surface area contributed by atoms with Crippen LogP contribution in [-0.2, 0) is 6.42 Å². The highest BCUT2D eigenvalue weighted by molar-refractivity contribution is 5.82. The van der Waals surface area contributed by atoms with Crippen molar-refractivity contribution in [3.8, 4) is 0 Å². The Balaban J connectivity index is 1.92. The summed E-state index contributed by atoms with van der Waals surface area (Å²) in [5.74, 6) is 0.473. The number of benzene rings is 2. The zero-order valence-corrected chi connectivity index (χ0v) is 12.2. The fourth-order valence-electron chi connectivity index (χ4n) is 2.64. The largest absolute Gasteiger partial charge is 0.459 e. The van der Waals surface area contributed by atoms with Crippen molar-refractivity contribution in [2.75, 3.05) is 0 Å². The molecule has 1 unspecified atom stereocenters. The minimum atomic E-state index is -0.259. The van der Waals surface area contributed by atoms with Crippen LogP contribution in [0.3, 0.4) is 0 Å². The summed E-state index contributed by atoms with van der Waals surface area (Å²) in [6.07, 6.45) is 0.698. The van der Waals surface area contributed by atoms with Gasteiger partial charge in [0.05, 0.1) is 6.04 Å². The summed E-state index contributed by atoms with van der Waals surface area (Å²) in [6.45, 7) is 3.98. The van der Waals surface area contributed by atoms with E-state index in [1.807, 2.05) is 6.92 Å². The average Bonchev–Trinajstić information content (AvgIpc) is 2.79. The van der Waals surface area contributed by atoms with Gasteiger partial charge in [-0.1, -0.05) is 29.8 Å². The maximum Gasteiger partial charge on any atom is 0.134 e. The van der Waals surface area contributed by atoms with Gasteiger partial charge in [0.1, 0.15) is 17.2 Å². The van der Waals surface area contributed by atoms with Crippen LogP contribution in [0.1, 0.15) is 28.5 Å². The topological polar surface area (TPSA) is 39.2 Å². The normalized spacial score (nSPS) is 12.8. The van der Waals surface area contributed by atoms with Gasteiger partial charge in [-0.3, -0.25) is 0 Å². The van der Waals surface area contributed by atoms with Crippen LogP contribution < -0.4 is 5.73 Å². The van der Waals surface area contributed by atoms with Crippen molar-refractivity contribution in [1.82, 2.24) is 0 Å². The zero-order valence-electron chi connectivity index (χ0n) is 12.2. The van der Waals surface area contributed by atoms with E-state index in [0.717, 1.165) is 16.7 Å². The van der Waals surface area contributed by atoms with Crippen molar-refractivity contribution in [3.63, 3.8) is 0 Å². The standard InChI is InChI=1S/C18H18FNO/c1-11-3-5-13(6-4-11)9-16(20)18-12(2)15-10-14(19)7-8-17(15)21-18/h3-8,10,16H,9,20H2,1-2H3. The molecule has 1 heterocycles. The van der Waals surface area contributed by atoms with Crippen LogP contribution >= 0.6 is 0 Å². The van der Waals surface area contributed by atoms with Crippen LogP contribution in [0.2, 0.25) is 0 Å². The van der Waals surface area contributed by atoms with Crippen molar-refractivity contribution in [2.24, 2.45) is 5.73 Å². The molecule has 0 spiro atoms. The molecule has 0 aliphatic carbocycles. The zero-order chi connectivity index (χ0) is 15.0. The lowest BCUT2D eigenvalue weighted by molar-refractivity contribution is 0.490. The van der Waals surface area contributed by atoms with Gasteiger partial charge in [-0.05, 0) is 44.0 Å². The van der Waals surface area contributed by atoms with Gasteiger partial charge in [0.2, 0.25) is 0 Å². The summed E-state index contributed by atoms with van der Waals surface area (Å²) >= 11 is 0. The Morgan fingerprint density at radius 2 is 1.81 bits per heavy atom. The summed E-state index contributed by atoms with van der Waals surface area (Å²) in [5, 5.41) is 0.796. The molecule has 1 atom stereocenters. The molecule has 3 heteroatoms. The first-order chi connectivity index (χ1) is 10.0. The van der Waals surface area contributed by atoms with Crippen LogP contribution in [-0.4, -0.2) is 0 Å². The van der Waals surface area contributed by atoms with E-state index in [1.54, 1.807) is 6.07 Å². The van der Waals surface area contributed by atoms with Gasteiger partial charge in [-0.15, -0.1) is 0 Å². The molecule has 0 aliphatic rings. The van der Waals surface area contributed by atoms with Gasteiger partial charge >= 0.3 is 0 Å². The molecule has 21 heavy (non-hydrogen) atoms. The summed E-state index contributed by atoms with van der Waals surface area (Å²) in [5.41, 5.74) is 10.3. The van der Waals surface area contributed by atoms with Crippen molar-refractivity contribution in [3.05, 3.63) is 70.7 Å². The molecule has 0 aliphatic heterocycles. The molecule has 3 rings (SSSR count). The number of rotatable bonds is 3. The molecule has 1 aromatic heterocycles. The predicted octanol–water partition coefficient (Wildman–Crippen LogP) is 4.43. The quantitative estimate of drug-likeness (QED) is 0.772. The monoisotopic (exact) mass is 283 g/mol. The van der Waals surface area contributed by atoms with Crippen molar-refractivity contribution in [1.29, 1.82) is 0 Å². The Morgan fingerprint density at radius 3 is 2.52 bits per heavy atom. The highest BCUT2D eigenvalue weighted by Crippen LogP contribution is 2.30. The van der Waals surface area contributed by atoms with E-state index in [4.69, 9.17) is 10.2 Å². The molecule has 0 saturated heterocycles. The first-order valence-electron chi connectivity index (χ1n) is 7.04. The van der Waals surface area contributed by atoms with Crippen LogP contribution in [0.4, 0.5) is 4.39 Å². The molecule has 108 valence electrons. The molecule has 0 radical (unpaired) electrons. The highest BCUT2D eigenvalue weighted by Gasteiger charge is 2.17. The van der Waals surface area contributed by atoms with Crippen LogP contribution in [0.15, 0.2) is 46.9 Å². The summed E-state index contributed by atoms with van der Waals surface area (Å²) in [4.78, 5) is 0. The lowest BCUT2D eigenvalue weighted by Gasteiger charge is -2.10. The number of halogens is 1. The van der Waals surface area contributed by atoms with Gasteiger partial charge in [0.15, 0.2) is 0 Å². The Kier molecular flexibility index (Phi) is 3.52. The van der Waals surface area contributed by atoms with Gasteiger partial charge in [-0.25, -0.2) is 4.39 Å². The maximum atomic E-state index is 13.3. The van der Waals surface area contributed by atoms with Crippen molar-refractivity contribution in [2.45, 2.75) is 26.3 Å². The van der Waals surface area contributed by atoms with E-state index in [2.05, 4.69) is 31.2 Å². The van der Waals surface area contributed by atoms with Crippen LogP contribution in [0, 0.1) is 19.7 Å². The third-order valence-electron chi connectivity index (χ3n) is 3.85. The second-order valence-electron chi connectivity index (χ2n) is 5.53. The third-order valence-corrected chi connectivity index (χ3v) is 3.85. The Labute approximate surface area is 123 Å². The molecule has 0 bridgehead atoms. The Hall–Kier alpha value is -2.13. The molecule has 3 aromatic rings. The van der Waals surface area contributed by atoms with Crippen LogP contribution in [0.25, 0.3) is 11.0 Å². The molecular weight excluding hydrogens is 265 g/mol. The molecule has 0 amide bonds. The number of aryl methyl sites for hydroxylation is 2. The first-order valence-corrected chi connectivity index (χ1v) is 7.04. The predicted molar refractivity (Wildman–Crippen MR) is 82.7 cm³/mol. The van der Waals surface area contributed by atoms with E-state index >= 15 is 0 Å². The van der Waals surface area contributed by atoms with E-state index in [-0.39, 0.29) is 11.9 Å². The van der Waals surface area contributed by atoms with Gasteiger partial charge in [0.25, 0.3) is 0 Å². The summed E-state index contributed by atoms with van der Waals surface area (Å²) < 4.78 is 19.2. The number of fused-ring (bicyclic) bond motifs is 1. The van der Waals surface area contributed by atoms with Crippen LogP contribution in [0.5, 0.6) is 0 Å². The average molecular weight is 283 g/mol. The fourth-order valence-corrected chi connectivity index (χ4v) is 2.64. The van der Waals surface area contributed by atoms with Crippen molar-refractivity contribution < 1.29 is 8.81 Å². The first kappa shape index (κ1) is 13.8. The highest BCUT2D eigenvalue weighted by atomic mass is 19.1. The number of nitrogens with two attached hydrogens (primary N) is 1. The second kappa shape index (κ2) is 5.34. The Morgan fingerprint density at radius 1 is 1.10 bits per heavy atom.